The fraction of sp³-hybridized carbons (Fsp3) is 0. The van der Waals surface area contributed by atoms with Gasteiger partial charge in [-0.05, 0) is 83.9 Å². The first-order valence-electron chi connectivity index (χ1n) is 14.9. The van der Waals surface area contributed by atoms with Crippen molar-refractivity contribution in [2.24, 2.45) is 0 Å². The van der Waals surface area contributed by atoms with Gasteiger partial charge in [0.15, 0.2) is 0 Å². The molecule has 0 radical (unpaired) electrons. The van der Waals surface area contributed by atoms with Gasteiger partial charge in [0.2, 0.25) is 0 Å². The molecule has 0 spiro atoms. The average Bonchev–Trinajstić information content (AvgIpc) is 3.11. The van der Waals surface area contributed by atoms with Gasteiger partial charge in [-0.2, -0.15) is 0 Å². The van der Waals surface area contributed by atoms with Crippen LogP contribution in [0.3, 0.4) is 0 Å². The summed E-state index contributed by atoms with van der Waals surface area (Å²) in [5.41, 5.74) is 11.8. The van der Waals surface area contributed by atoms with Crippen molar-refractivity contribution in [2.75, 3.05) is 0 Å². The van der Waals surface area contributed by atoms with Crippen molar-refractivity contribution in [1.82, 2.24) is 19.9 Å². The number of aromatic nitrogens is 4. The monoisotopic (exact) mass is 594 g/mol. The maximum Gasteiger partial charge on any atom is 0.115 e. The van der Waals surface area contributed by atoms with E-state index in [-0.39, 0.29) is 11.5 Å². The third-order valence-electron chi connectivity index (χ3n) is 8.04. The molecular weight excluding hydrogens is 568 g/mol. The molecular formula is C40H26N4O2. The largest absolute Gasteiger partial charge is 0.508 e. The van der Waals surface area contributed by atoms with E-state index in [2.05, 4.69) is 24.3 Å². The van der Waals surface area contributed by atoms with Gasteiger partial charge in [-0.3, -0.25) is 0 Å². The van der Waals surface area contributed by atoms with E-state index in [4.69, 9.17) is 19.9 Å². The Morgan fingerprint density at radius 3 is 0.957 bits per heavy atom. The second kappa shape index (κ2) is 11.3. The predicted octanol–water partition coefficient (Wildman–Crippen LogP) is 9.32. The summed E-state index contributed by atoms with van der Waals surface area (Å²) in [6.07, 6.45) is 0. The number of phenolic OH excluding ortho intramolecular Hbond substituents is 2. The molecule has 2 aromatic heterocycles. The molecule has 0 aliphatic carbocycles. The molecule has 0 atom stereocenters. The molecule has 0 aliphatic heterocycles. The van der Waals surface area contributed by atoms with Gasteiger partial charge in [-0.1, -0.05) is 72.8 Å². The summed E-state index contributed by atoms with van der Waals surface area (Å²) in [7, 11) is 0. The van der Waals surface area contributed by atoms with Gasteiger partial charge < -0.3 is 10.2 Å². The quantitative estimate of drug-likeness (QED) is 0.206. The van der Waals surface area contributed by atoms with Crippen molar-refractivity contribution in [1.29, 1.82) is 0 Å². The van der Waals surface area contributed by atoms with Crippen LogP contribution >= 0.6 is 0 Å². The lowest BCUT2D eigenvalue weighted by molar-refractivity contribution is 0.475. The van der Waals surface area contributed by atoms with E-state index >= 15 is 0 Å². The Labute approximate surface area is 265 Å². The van der Waals surface area contributed by atoms with E-state index in [9.17, 15) is 10.2 Å². The van der Waals surface area contributed by atoms with Crippen molar-refractivity contribution in [3.63, 3.8) is 0 Å². The van der Waals surface area contributed by atoms with E-state index in [1.165, 1.54) is 0 Å². The first-order chi connectivity index (χ1) is 22.6. The maximum atomic E-state index is 9.91. The smallest absolute Gasteiger partial charge is 0.115 e. The highest BCUT2D eigenvalue weighted by atomic mass is 16.3. The zero-order valence-corrected chi connectivity index (χ0v) is 24.5. The van der Waals surface area contributed by atoms with Crippen LogP contribution in [0.25, 0.3) is 78.2 Å². The van der Waals surface area contributed by atoms with Crippen LogP contribution in [0, 0.1) is 0 Å². The number of fused-ring (bicyclic) bond motifs is 2. The van der Waals surface area contributed by atoms with E-state index < -0.39 is 0 Å². The Bertz CT molecular complexity index is 2190. The fourth-order valence-corrected chi connectivity index (χ4v) is 5.70. The van der Waals surface area contributed by atoms with Crippen LogP contribution < -0.4 is 0 Å². The van der Waals surface area contributed by atoms with Crippen LogP contribution in [-0.4, -0.2) is 30.1 Å². The van der Waals surface area contributed by atoms with Gasteiger partial charge in [0.05, 0.1) is 44.8 Å². The van der Waals surface area contributed by atoms with E-state index in [1.807, 2.05) is 97.1 Å². The second-order valence-corrected chi connectivity index (χ2v) is 11.1. The number of nitrogens with zero attached hydrogens (tertiary/aromatic N) is 4. The number of rotatable bonds is 5. The highest BCUT2D eigenvalue weighted by molar-refractivity contribution is 5.92. The average molecular weight is 595 g/mol. The molecule has 6 aromatic carbocycles. The molecule has 0 saturated carbocycles. The lowest BCUT2D eigenvalue weighted by Crippen LogP contribution is -1.97. The minimum Gasteiger partial charge on any atom is -0.508 e. The molecule has 0 aliphatic rings. The Morgan fingerprint density at radius 2 is 0.587 bits per heavy atom. The van der Waals surface area contributed by atoms with Gasteiger partial charge in [0.1, 0.15) is 11.5 Å². The summed E-state index contributed by atoms with van der Waals surface area (Å²) in [4.78, 5) is 20.3. The molecule has 0 bridgehead atoms. The summed E-state index contributed by atoms with van der Waals surface area (Å²) >= 11 is 0. The molecule has 46 heavy (non-hydrogen) atoms. The van der Waals surface area contributed by atoms with Gasteiger partial charge >= 0.3 is 0 Å². The highest BCUT2D eigenvalue weighted by Gasteiger charge is 2.16. The number of hydrogen-bond donors (Lipinski definition) is 2. The Morgan fingerprint density at radius 1 is 0.283 bits per heavy atom. The van der Waals surface area contributed by atoms with Crippen molar-refractivity contribution < 1.29 is 10.2 Å². The molecule has 218 valence electrons. The second-order valence-electron chi connectivity index (χ2n) is 11.1. The van der Waals surface area contributed by atoms with Gasteiger partial charge in [-0.25, -0.2) is 19.9 Å². The molecule has 0 unspecified atom stereocenters. The summed E-state index contributed by atoms with van der Waals surface area (Å²) in [5.74, 6) is 0.398. The van der Waals surface area contributed by atoms with E-state index in [0.29, 0.717) is 0 Å². The van der Waals surface area contributed by atoms with Crippen LogP contribution in [0.1, 0.15) is 0 Å². The topological polar surface area (TPSA) is 92.0 Å². The predicted molar refractivity (Wildman–Crippen MR) is 183 cm³/mol. The molecule has 0 fully saturated rings. The van der Waals surface area contributed by atoms with E-state index in [1.54, 1.807) is 24.3 Å². The van der Waals surface area contributed by atoms with Crippen LogP contribution in [0.2, 0.25) is 0 Å². The standard InChI is InChI=1S/C40H26N4O2/c45-31-17-11-27(12-18-31)39-37(25-7-3-1-4-8-25)41-33-21-15-29(23-35(33)43-39)30-16-22-34-36(24-30)44-40(28-13-19-32(46)20-14-28)38(42-34)26-9-5-2-6-10-26/h1-24,45-46H. The summed E-state index contributed by atoms with van der Waals surface area (Å²) in [6, 6.07) is 46.3. The third-order valence-corrected chi connectivity index (χ3v) is 8.04. The molecule has 0 amide bonds. The first kappa shape index (κ1) is 27.2. The highest BCUT2D eigenvalue weighted by Crippen LogP contribution is 2.35. The molecule has 0 saturated heterocycles. The Kier molecular flexibility index (Phi) is 6.65. The van der Waals surface area contributed by atoms with Crippen molar-refractivity contribution in [3.8, 4) is 67.7 Å². The zero-order valence-electron chi connectivity index (χ0n) is 24.5. The zero-order chi connectivity index (χ0) is 31.0. The lowest BCUT2D eigenvalue weighted by atomic mass is 10.0. The number of hydrogen-bond acceptors (Lipinski definition) is 6. The van der Waals surface area contributed by atoms with Gasteiger partial charge in [0.25, 0.3) is 0 Å². The normalized spacial score (nSPS) is 11.2. The molecule has 8 rings (SSSR count). The number of benzene rings is 6. The minimum atomic E-state index is 0.199. The molecule has 8 aromatic rings. The Balaban J connectivity index is 1.27. The maximum absolute atomic E-state index is 9.91. The minimum absolute atomic E-state index is 0.199. The van der Waals surface area contributed by atoms with Crippen LogP contribution in [0.15, 0.2) is 146 Å². The molecule has 6 nitrogen and oxygen atoms in total. The van der Waals surface area contributed by atoms with E-state index in [0.717, 1.165) is 78.2 Å². The molecule has 2 heterocycles. The fourth-order valence-electron chi connectivity index (χ4n) is 5.70. The summed E-state index contributed by atoms with van der Waals surface area (Å²) < 4.78 is 0. The summed E-state index contributed by atoms with van der Waals surface area (Å²) in [5, 5.41) is 19.8. The lowest BCUT2D eigenvalue weighted by Gasteiger charge is -2.13. The SMILES string of the molecule is Oc1ccc(-c2nc3cc(-c4ccc5nc(-c6ccccc6)c(-c6ccc(O)cc6)nc5c4)ccc3nc2-c2ccccc2)cc1. The van der Waals surface area contributed by atoms with Crippen molar-refractivity contribution in [3.05, 3.63) is 146 Å². The number of phenols is 2. The molecule has 2 N–H and O–H groups in total. The van der Waals surface area contributed by atoms with Gasteiger partial charge in [0, 0.05) is 22.3 Å². The number of aromatic hydroxyl groups is 2. The van der Waals surface area contributed by atoms with Gasteiger partial charge in [-0.15, -0.1) is 0 Å². The third kappa shape index (κ3) is 5.08. The van der Waals surface area contributed by atoms with Crippen molar-refractivity contribution >= 4 is 22.1 Å². The summed E-state index contributed by atoms with van der Waals surface area (Å²) in [6.45, 7) is 0. The van der Waals surface area contributed by atoms with Crippen LogP contribution in [0.5, 0.6) is 11.5 Å². The van der Waals surface area contributed by atoms with Crippen LogP contribution in [-0.2, 0) is 0 Å². The first-order valence-corrected chi connectivity index (χ1v) is 14.9. The Hall–Kier alpha value is -6.40. The molecule has 6 heteroatoms. The van der Waals surface area contributed by atoms with Crippen LogP contribution in [0.4, 0.5) is 0 Å². The van der Waals surface area contributed by atoms with Crippen molar-refractivity contribution in [2.45, 2.75) is 0 Å².